The summed E-state index contributed by atoms with van der Waals surface area (Å²) in [7, 11) is -11.0. The van der Waals surface area contributed by atoms with Gasteiger partial charge >= 0.3 is 15.6 Å². The third-order valence-electron chi connectivity index (χ3n) is 5.81. The number of phosphoric ester groups is 2. The molecule has 0 spiro atoms. The van der Waals surface area contributed by atoms with Gasteiger partial charge in [0.25, 0.3) is 5.56 Å². The number of nitrogens with two attached hydrogens (primary N) is 2. The number of hydrogen-bond acceptors (Lipinski definition) is 17. The van der Waals surface area contributed by atoms with Crippen LogP contribution in [0.1, 0.15) is 6.23 Å². The van der Waals surface area contributed by atoms with E-state index < -0.39 is 89.6 Å². The third kappa shape index (κ3) is 6.22. The molecule has 23 heteroatoms. The number of imidazole rings is 1. The summed E-state index contributed by atoms with van der Waals surface area (Å²) < 4.78 is 49.4. The first-order valence-corrected chi connectivity index (χ1v) is 14.0. The van der Waals surface area contributed by atoms with Crippen LogP contribution in [0.3, 0.4) is 0 Å². The van der Waals surface area contributed by atoms with Gasteiger partial charge in [-0.2, -0.15) is 9.29 Å². The fourth-order valence-corrected chi connectivity index (χ4v) is 6.05. The minimum absolute atomic E-state index is 0.106. The van der Waals surface area contributed by atoms with Gasteiger partial charge in [0.15, 0.2) is 23.7 Å². The molecule has 2 aliphatic rings. The topological polar surface area (TPSA) is 338 Å². The quantitative estimate of drug-likeness (QED) is 0.120. The second-order valence-corrected chi connectivity index (χ2v) is 11.5. The molecule has 0 aliphatic carbocycles. The van der Waals surface area contributed by atoms with Crippen LogP contribution in [0.4, 0.5) is 5.95 Å². The largest absolute Gasteiger partial charge is 0.483 e. The highest BCUT2D eigenvalue weighted by Gasteiger charge is 2.49. The molecule has 2 fully saturated rings. The Morgan fingerprint density at radius 1 is 1.00 bits per heavy atom. The van der Waals surface area contributed by atoms with Crippen molar-refractivity contribution in [1.82, 2.24) is 19.5 Å². The molecule has 0 radical (unpaired) electrons. The van der Waals surface area contributed by atoms with Crippen molar-refractivity contribution in [2.75, 3.05) is 18.9 Å². The highest BCUT2D eigenvalue weighted by molar-refractivity contribution is 7.61. The fourth-order valence-electron chi connectivity index (χ4n) is 3.90. The molecular weight excluding hydrogens is 578 g/mol. The van der Waals surface area contributed by atoms with Crippen molar-refractivity contribution >= 4 is 32.8 Å². The zero-order valence-corrected chi connectivity index (χ0v) is 21.3. The van der Waals surface area contributed by atoms with E-state index in [0.29, 0.717) is 0 Å². The lowest BCUT2D eigenvalue weighted by Crippen LogP contribution is -2.59. The Balaban J connectivity index is 1.39. The Kier molecular flexibility index (Phi) is 8.60. The van der Waals surface area contributed by atoms with Crippen molar-refractivity contribution in [3.63, 3.8) is 0 Å². The van der Waals surface area contributed by atoms with Gasteiger partial charge in [0, 0.05) is 6.54 Å². The number of aromatic amines is 1. The van der Waals surface area contributed by atoms with Crippen LogP contribution in [0.5, 0.6) is 0 Å². The van der Waals surface area contributed by atoms with E-state index in [0.717, 1.165) is 10.9 Å². The maximum Gasteiger partial charge on any atom is 0.483 e. The molecule has 4 rings (SSSR count). The number of nitrogens with one attached hydrogen (secondary N) is 1. The van der Waals surface area contributed by atoms with Gasteiger partial charge in [-0.1, -0.05) is 0 Å². The number of rotatable bonds is 9. The SMILES string of the molecule is NCC1O[C@H](OP(=O)(O)OP(=O)(O)OC[C@H]2O[C@@H](n3cnc4c(=O)[nH]c(N)nc43)[C@@H](O)C2O)C(O)[C@@H](O)[C@@H]1O. The number of phosphoric acid groups is 2. The van der Waals surface area contributed by atoms with E-state index in [-0.39, 0.29) is 17.1 Å². The molecule has 0 bridgehead atoms. The van der Waals surface area contributed by atoms with E-state index >= 15 is 0 Å². The molecule has 2 aromatic rings. The summed E-state index contributed by atoms with van der Waals surface area (Å²) in [4.78, 5) is 41.7. The van der Waals surface area contributed by atoms with E-state index in [4.69, 9.17) is 20.9 Å². The number of ether oxygens (including phenoxy) is 2. The van der Waals surface area contributed by atoms with Gasteiger partial charge in [-0.3, -0.25) is 23.4 Å². The van der Waals surface area contributed by atoms with Gasteiger partial charge in [0.2, 0.25) is 5.95 Å². The molecule has 4 heterocycles. The summed E-state index contributed by atoms with van der Waals surface area (Å²) >= 11 is 0. The van der Waals surface area contributed by atoms with Crippen LogP contribution < -0.4 is 17.0 Å². The average Bonchev–Trinajstić information content (AvgIpc) is 3.38. The zero-order valence-electron chi connectivity index (χ0n) is 19.5. The summed E-state index contributed by atoms with van der Waals surface area (Å²) in [5, 5.41) is 50.3. The van der Waals surface area contributed by atoms with Gasteiger partial charge in [0.1, 0.15) is 42.7 Å². The average molecular weight is 604 g/mol. The highest BCUT2D eigenvalue weighted by Crippen LogP contribution is 2.61. The number of anilines is 1. The molecule has 5 unspecified atom stereocenters. The first-order valence-electron chi connectivity index (χ1n) is 11.0. The summed E-state index contributed by atoms with van der Waals surface area (Å²) in [6.45, 7) is -1.37. The molecule has 0 saturated carbocycles. The van der Waals surface area contributed by atoms with Crippen LogP contribution in [0.15, 0.2) is 11.1 Å². The number of nitrogens with zero attached hydrogens (tertiary/aromatic N) is 3. The molecular formula is C16H26N6O15P2. The van der Waals surface area contributed by atoms with Crippen LogP contribution in [0.2, 0.25) is 0 Å². The van der Waals surface area contributed by atoms with Gasteiger partial charge in [-0.05, 0) is 0 Å². The molecule has 2 saturated heterocycles. The molecule has 21 nitrogen and oxygen atoms in total. The Hall–Kier alpha value is -1.91. The van der Waals surface area contributed by atoms with Crippen LogP contribution in [0, 0.1) is 0 Å². The van der Waals surface area contributed by atoms with Crippen LogP contribution in [0.25, 0.3) is 11.2 Å². The minimum atomic E-state index is -5.55. The Labute approximate surface area is 216 Å². The molecule has 0 amide bonds. The van der Waals surface area contributed by atoms with Crippen LogP contribution in [-0.2, 0) is 32.0 Å². The summed E-state index contributed by atoms with van der Waals surface area (Å²) in [5.41, 5.74) is 9.92. The van der Waals surface area contributed by atoms with Crippen molar-refractivity contribution in [2.45, 2.75) is 55.2 Å². The van der Waals surface area contributed by atoms with Crippen LogP contribution >= 0.6 is 15.6 Å². The molecule has 11 atom stereocenters. The second-order valence-electron chi connectivity index (χ2n) is 8.49. The van der Waals surface area contributed by atoms with E-state index in [1.54, 1.807) is 0 Å². The maximum absolute atomic E-state index is 12.3. The van der Waals surface area contributed by atoms with Crippen molar-refractivity contribution in [3.05, 3.63) is 16.7 Å². The smallest absolute Gasteiger partial charge is 0.388 e. The Morgan fingerprint density at radius 2 is 1.67 bits per heavy atom. The first kappa shape index (κ1) is 30.1. The number of fused-ring (bicyclic) bond motifs is 1. The van der Waals surface area contributed by atoms with Gasteiger partial charge in [-0.15, -0.1) is 0 Å². The Morgan fingerprint density at radius 3 is 2.33 bits per heavy atom. The summed E-state index contributed by atoms with van der Waals surface area (Å²) in [6.07, 6.45) is -14.4. The minimum Gasteiger partial charge on any atom is -0.388 e. The van der Waals surface area contributed by atoms with Crippen molar-refractivity contribution in [3.8, 4) is 0 Å². The lowest BCUT2D eigenvalue weighted by molar-refractivity contribution is -0.273. The predicted octanol–water partition coefficient (Wildman–Crippen LogP) is -4.66. The van der Waals surface area contributed by atoms with Gasteiger partial charge < -0.3 is 56.3 Å². The number of aromatic nitrogens is 4. The monoisotopic (exact) mass is 604 g/mol. The molecule has 0 aromatic carbocycles. The van der Waals surface area contributed by atoms with Crippen molar-refractivity contribution in [1.29, 1.82) is 0 Å². The van der Waals surface area contributed by atoms with E-state index in [1.807, 2.05) is 0 Å². The molecule has 2 aliphatic heterocycles. The Bertz CT molecular complexity index is 1340. The van der Waals surface area contributed by atoms with E-state index in [1.165, 1.54) is 0 Å². The van der Waals surface area contributed by atoms with Crippen molar-refractivity contribution < 1.29 is 67.3 Å². The van der Waals surface area contributed by atoms with Gasteiger partial charge in [0.05, 0.1) is 12.9 Å². The number of nitrogen functional groups attached to an aromatic ring is 1. The molecule has 12 N–H and O–H groups in total. The normalized spacial score (nSPS) is 36.6. The molecule has 39 heavy (non-hydrogen) atoms. The van der Waals surface area contributed by atoms with Crippen molar-refractivity contribution in [2.24, 2.45) is 5.73 Å². The third-order valence-corrected chi connectivity index (χ3v) is 8.41. The maximum atomic E-state index is 12.3. The predicted molar refractivity (Wildman–Crippen MR) is 122 cm³/mol. The summed E-state index contributed by atoms with van der Waals surface area (Å²) in [6, 6.07) is 0. The van der Waals surface area contributed by atoms with Crippen LogP contribution in [-0.4, -0.2) is 117 Å². The lowest BCUT2D eigenvalue weighted by atomic mass is 9.99. The molecule has 220 valence electrons. The van der Waals surface area contributed by atoms with E-state index in [9.17, 15) is 49.2 Å². The number of hydrogen-bond donors (Lipinski definition) is 10. The number of aliphatic hydroxyl groups excluding tert-OH is 5. The first-order chi connectivity index (χ1) is 18.1. The number of aliphatic hydroxyl groups is 5. The lowest BCUT2D eigenvalue weighted by Gasteiger charge is -2.39. The fraction of sp³-hybridized carbons (Fsp3) is 0.688. The molecule has 2 aromatic heterocycles. The summed E-state index contributed by atoms with van der Waals surface area (Å²) in [5.74, 6) is -0.272. The second kappa shape index (κ2) is 11.2. The number of H-pyrrole nitrogens is 1. The van der Waals surface area contributed by atoms with E-state index in [2.05, 4.69) is 28.3 Å². The highest BCUT2D eigenvalue weighted by atomic mass is 31.3. The zero-order chi connectivity index (χ0) is 28.9. The van der Waals surface area contributed by atoms with Gasteiger partial charge in [-0.25, -0.2) is 14.1 Å². The standard InChI is InChI=1S/C16H26N6O15P2/c17-1-4-7(23)9(25)11(27)15(35-4)36-39(31,32)37-38(29,30)33-2-5-8(24)10(26)14(34-5)22-3-19-6-12(22)20-16(18)21-13(6)28/h3-5,7-11,14-15,23-27H,1-2,17H2,(H,29,30)(H,31,32)(H3,18,20,21,28)/t4?,5-,7-,8?,9+,10+,11?,14-,15-/m1/s1.